The first-order valence-electron chi connectivity index (χ1n) is 0. The predicted molar refractivity (Wildman–Crippen MR) is 11.5 cm³/mol. The molecule has 0 aliphatic rings. The molecule has 0 aromatic rings. The molecule has 0 heterocycles. The van der Waals surface area contributed by atoms with E-state index in [0.29, 0.717) is 0 Å². The van der Waals surface area contributed by atoms with Gasteiger partial charge in [-0.3, -0.25) is 0 Å². The van der Waals surface area contributed by atoms with Crippen molar-refractivity contribution in [2.24, 2.45) is 0 Å². The second-order valence-corrected chi connectivity index (χ2v) is 0. The summed E-state index contributed by atoms with van der Waals surface area (Å²) in [5.74, 6) is 0. The predicted octanol–water partition coefficient (Wildman–Crippen LogP) is -6.75. The minimum Gasteiger partial charge on any atom is -1.00 e. The molecule has 0 spiro atoms. The third-order valence-corrected chi connectivity index (χ3v) is 0. The molecule has 0 aromatic carbocycles. The number of hydrogen-bond acceptors (Lipinski definition) is 0. The molecule has 0 N–H and O–H groups in total. The second-order valence-electron chi connectivity index (χ2n) is 0. The van der Waals surface area contributed by atoms with Gasteiger partial charge in [-0.05, 0) is 0 Å². The Morgan fingerprint density at radius 2 is 0.750 bits per heavy atom. The zero-order valence-electron chi connectivity index (χ0n) is 2.46. The van der Waals surface area contributed by atoms with E-state index in [4.69, 9.17) is 0 Å². The molecule has 0 unspecified atom stereocenters. The Kier molecular flexibility index (Phi) is 151. The van der Waals surface area contributed by atoms with Crippen LogP contribution in [0.3, 0.4) is 0 Å². The average Bonchev–Trinajstić information content (AvgIpc) is 0. The molecule has 0 rings (SSSR count). The summed E-state index contributed by atoms with van der Waals surface area (Å²) < 4.78 is 0. The Bertz CT molecular complexity index is 6.00. The van der Waals surface area contributed by atoms with Crippen LogP contribution in [0.4, 0.5) is 0 Å². The van der Waals surface area contributed by atoms with Gasteiger partial charge in [0, 0.05) is 29.6 Å². The summed E-state index contributed by atoms with van der Waals surface area (Å²) in [5, 5.41) is 0. The molecule has 0 aromatic heterocycles. The first-order valence-corrected chi connectivity index (χ1v) is 0. The number of hydrogen-bond donors (Lipinski definition) is 0. The Morgan fingerprint density at radius 1 is 0.750 bits per heavy atom. The average molecular weight is 118 g/mol. The summed E-state index contributed by atoms with van der Waals surface area (Å²) in [5.41, 5.74) is 0. The van der Waals surface area contributed by atoms with Crippen LogP contribution in [-0.4, -0.2) is 52.6 Å². The van der Waals surface area contributed by atoms with E-state index in [-0.39, 0.29) is 77.4 Å². The van der Waals surface area contributed by atoms with Crippen LogP contribution in [0.5, 0.6) is 0 Å². The largest absolute Gasteiger partial charge is 2.00 e. The van der Waals surface area contributed by atoms with Crippen LogP contribution < -0.4 is 24.8 Å². The first-order chi connectivity index (χ1) is 0. The molecule has 0 atom stereocenters. The molecule has 0 saturated heterocycles. The van der Waals surface area contributed by atoms with E-state index in [1.54, 1.807) is 0 Å². The molecule has 0 saturated carbocycles. The van der Waals surface area contributed by atoms with Crippen molar-refractivity contribution in [3.8, 4) is 0 Å². The van der Waals surface area contributed by atoms with Crippen LogP contribution in [0.1, 0.15) is 0 Å². The SMILES string of the molecule is [Cl-].[Cl-].[Mg+2].[Na]. The third-order valence-electron chi connectivity index (χ3n) is 0. The summed E-state index contributed by atoms with van der Waals surface area (Å²) in [7, 11) is 0. The van der Waals surface area contributed by atoms with E-state index in [0.717, 1.165) is 0 Å². The second kappa shape index (κ2) is 18.3. The van der Waals surface area contributed by atoms with E-state index in [9.17, 15) is 0 Å². The molecular weight excluding hydrogens is 118 g/mol. The summed E-state index contributed by atoms with van der Waals surface area (Å²) in [6.07, 6.45) is 0. The molecule has 0 fully saturated rings. The summed E-state index contributed by atoms with van der Waals surface area (Å²) in [6, 6.07) is 0. The van der Waals surface area contributed by atoms with Gasteiger partial charge in [-0.2, -0.15) is 0 Å². The summed E-state index contributed by atoms with van der Waals surface area (Å²) >= 11 is 0. The third kappa shape index (κ3) is 8.84. The Hall–Kier alpha value is 2.35. The van der Waals surface area contributed by atoms with E-state index >= 15 is 0 Å². The van der Waals surface area contributed by atoms with Crippen LogP contribution in [0.2, 0.25) is 0 Å². The van der Waals surface area contributed by atoms with Crippen molar-refractivity contribution in [3.05, 3.63) is 0 Å². The van der Waals surface area contributed by atoms with Crippen molar-refractivity contribution >= 4 is 52.6 Å². The van der Waals surface area contributed by atoms with Crippen molar-refractivity contribution in [1.82, 2.24) is 0 Å². The van der Waals surface area contributed by atoms with E-state index < -0.39 is 0 Å². The molecule has 0 amide bonds. The van der Waals surface area contributed by atoms with E-state index in [1.165, 1.54) is 0 Å². The Balaban J connectivity index is 0. The number of halogens is 2. The van der Waals surface area contributed by atoms with Gasteiger partial charge >= 0.3 is 23.1 Å². The molecule has 4 heteroatoms. The van der Waals surface area contributed by atoms with Crippen LogP contribution in [0.25, 0.3) is 0 Å². The fourth-order valence-electron chi connectivity index (χ4n) is 0. The van der Waals surface area contributed by atoms with Gasteiger partial charge < -0.3 is 24.8 Å². The first kappa shape index (κ1) is 33.0. The van der Waals surface area contributed by atoms with Crippen LogP contribution in [0, 0.1) is 0 Å². The van der Waals surface area contributed by atoms with Crippen LogP contribution in [0.15, 0.2) is 0 Å². The standard InChI is InChI=1S/2ClH.Mg.Na/h2*1H;;/q;;+2;/p-2. The zero-order chi connectivity index (χ0) is 0. The smallest absolute Gasteiger partial charge is 1.00 e. The zero-order valence-corrected chi connectivity index (χ0v) is 7.39. The van der Waals surface area contributed by atoms with Gasteiger partial charge in [0.05, 0.1) is 0 Å². The van der Waals surface area contributed by atoms with Crippen molar-refractivity contribution in [1.29, 1.82) is 0 Å². The van der Waals surface area contributed by atoms with Crippen molar-refractivity contribution in [2.75, 3.05) is 0 Å². The molecule has 0 nitrogen and oxygen atoms in total. The van der Waals surface area contributed by atoms with E-state index in [1.807, 2.05) is 0 Å². The fraction of sp³-hybridized carbons (Fsp3) is 0. The molecule has 1 radical (unpaired) electrons. The van der Waals surface area contributed by atoms with Gasteiger partial charge in [-0.15, -0.1) is 0 Å². The van der Waals surface area contributed by atoms with Gasteiger partial charge in [-0.1, -0.05) is 0 Å². The van der Waals surface area contributed by atoms with Crippen molar-refractivity contribution in [2.45, 2.75) is 0 Å². The molecule has 4 heavy (non-hydrogen) atoms. The van der Waals surface area contributed by atoms with Crippen LogP contribution in [-0.2, 0) is 0 Å². The maximum Gasteiger partial charge on any atom is 2.00 e. The van der Waals surface area contributed by atoms with E-state index in [2.05, 4.69) is 0 Å². The van der Waals surface area contributed by atoms with Crippen molar-refractivity contribution < 1.29 is 24.8 Å². The maximum absolute atomic E-state index is 0. The van der Waals surface area contributed by atoms with Gasteiger partial charge in [0.2, 0.25) is 0 Å². The molecule has 0 aliphatic carbocycles. The van der Waals surface area contributed by atoms with Crippen LogP contribution >= 0.6 is 0 Å². The molecule has 0 bridgehead atoms. The Morgan fingerprint density at radius 3 is 0.750 bits per heavy atom. The minimum absolute atomic E-state index is 0. The van der Waals surface area contributed by atoms with Crippen molar-refractivity contribution in [3.63, 3.8) is 0 Å². The minimum atomic E-state index is 0. The normalized spacial score (nSPS) is 0. The molecule has 0 aliphatic heterocycles. The maximum atomic E-state index is 0. The topological polar surface area (TPSA) is 0 Å². The fourth-order valence-corrected chi connectivity index (χ4v) is 0. The van der Waals surface area contributed by atoms with Gasteiger partial charge in [0.15, 0.2) is 0 Å². The summed E-state index contributed by atoms with van der Waals surface area (Å²) in [4.78, 5) is 0. The molecular formula is Cl2MgNa. The Labute approximate surface area is 76.4 Å². The number of rotatable bonds is 0. The monoisotopic (exact) mass is 117 g/mol. The quantitative estimate of drug-likeness (QED) is 0.277. The van der Waals surface area contributed by atoms with Gasteiger partial charge in [0.25, 0.3) is 0 Å². The van der Waals surface area contributed by atoms with Gasteiger partial charge in [0.1, 0.15) is 0 Å². The molecule has 17 valence electrons. The summed E-state index contributed by atoms with van der Waals surface area (Å²) in [6.45, 7) is 0. The van der Waals surface area contributed by atoms with Gasteiger partial charge in [-0.25, -0.2) is 0 Å².